The lowest BCUT2D eigenvalue weighted by Crippen LogP contribution is -2.27. The van der Waals surface area contributed by atoms with Gasteiger partial charge in [-0.2, -0.15) is 0 Å². The molecule has 0 fully saturated rings. The van der Waals surface area contributed by atoms with E-state index in [9.17, 15) is 4.79 Å². The number of rotatable bonds is 6. The van der Waals surface area contributed by atoms with Crippen molar-refractivity contribution in [3.63, 3.8) is 0 Å². The van der Waals surface area contributed by atoms with Gasteiger partial charge < -0.3 is 10.1 Å². The Morgan fingerprint density at radius 2 is 1.74 bits per heavy atom. The Labute approximate surface area is 164 Å². The van der Waals surface area contributed by atoms with Crippen LogP contribution >= 0.6 is 11.6 Å². The van der Waals surface area contributed by atoms with E-state index in [0.29, 0.717) is 22.9 Å². The average molecular weight is 380 g/mol. The van der Waals surface area contributed by atoms with Crippen molar-refractivity contribution in [3.05, 3.63) is 100 Å². The summed E-state index contributed by atoms with van der Waals surface area (Å²) in [7, 11) is 0. The van der Waals surface area contributed by atoms with Crippen LogP contribution in [0.5, 0.6) is 5.75 Å². The van der Waals surface area contributed by atoms with E-state index in [0.717, 1.165) is 11.1 Å². The number of aryl methyl sites for hydroxylation is 1. The Morgan fingerprint density at radius 1 is 1.04 bits per heavy atom. The highest BCUT2D eigenvalue weighted by Gasteiger charge is 2.16. The van der Waals surface area contributed by atoms with Crippen LogP contribution in [0.1, 0.15) is 40.0 Å². The zero-order valence-electron chi connectivity index (χ0n) is 15.4. The Balaban J connectivity index is 1.75. The minimum atomic E-state index is -0.214. The fraction of sp³-hybridized carbons (Fsp3) is 0.174. The summed E-state index contributed by atoms with van der Waals surface area (Å²) >= 11 is 6.11. The van der Waals surface area contributed by atoms with E-state index < -0.39 is 0 Å². The summed E-state index contributed by atoms with van der Waals surface area (Å²) in [6.45, 7) is 4.38. The Kier molecular flexibility index (Phi) is 6.15. The largest absolute Gasteiger partial charge is 0.488 e. The maximum atomic E-state index is 12.8. The topological polar surface area (TPSA) is 38.3 Å². The van der Waals surface area contributed by atoms with Gasteiger partial charge in [-0.25, -0.2) is 0 Å². The predicted octanol–water partition coefficient (Wildman–Crippen LogP) is 5.72. The summed E-state index contributed by atoms with van der Waals surface area (Å²) in [6.07, 6.45) is 0. The highest BCUT2D eigenvalue weighted by Crippen LogP contribution is 2.25. The molecular formula is C23H22ClNO2. The summed E-state index contributed by atoms with van der Waals surface area (Å²) < 4.78 is 5.88. The smallest absolute Gasteiger partial charge is 0.255 e. The van der Waals surface area contributed by atoms with Gasteiger partial charge in [-0.05, 0) is 43.2 Å². The van der Waals surface area contributed by atoms with Crippen LogP contribution in [0.3, 0.4) is 0 Å². The van der Waals surface area contributed by atoms with E-state index >= 15 is 0 Å². The predicted molar refractivity (Wildman–Crippen MR) is 109 cm³/mol. The molecule has 0 heterocycles. The van der Waals surface area contributed by atoms with Gasteiger partial charge in [0.05, 0.1) is 11.6 Å². The third-order valence-electron chi connectivity index (χ3n) is 4.35. The number of hydrogen-bond acceptors (Lipinski definition) is 2. The monoisotopic (exact) mass is 379 g/mol. The van der Waals surface area contributed by atoms with Gasteiger partial charge in [-0.1, -0.05) is 71.8 Å². The first-order valence-corrected chi connectivity index (χ1v) is 9.24. The van der Waals surface area contributed by atoms with Crippen LogP contribution in [0.2, 0.25) is 5.02 Å². The summed E-state index contributed by atoms with van der Waals surface area (Å²) in [4.78, 5) is 12.8. The van der Waals surface area contributed by atoms with Crippen molar-refractivity contribution in [2.24, 2.45) is 0 Å². The van der Waals surface area contributed by atoms with E-state index in [4.69, 9.17) is 16.3 Å². The zero-order chi connectivity index (χ0) is 19.2. The molecule has 0 unspecified atom stereocenters. The Morgan fingerprint density at radius 3 is 2.44 bits per heavy atom. The van der Waals surface area contributed by atoms with Crippen molar-refractivity contribution in [1.29, 1.82) is 0 Å². The quantitative estimate of drug-likeness (QED) is 0.595. The molecule has 1 amide bonds. The number of carbonyl (C=O) groups excluding carboxylic acids is 1. The van der Waals surface area contributed by atoms with Gasteiger partial charge in [0.15, 0.2) is 0 Å². The minimum absolute atomic E-state index is 0.126. The van der Waals surface area contributed by atoms with Crippen LogP contribution in [-0.4, -0.2) is 5.91 Å². The molecule has 0 aliphatic heterocycles. The van der Waals surface area contributed by atoms with Gasteiger partial charge in [-0.15, -0.1) is 0 Å². The normalized spacial score (nSPS) is 11.7. The second kappa shape index (κ2) is 8.74. The molecule has 0 radical (unpaired) electrons. The van der Waals surface area contributed by atoms with Crippen LogP contribution in [0.15, 0.2) is 72.8 Å². The third kappa shape index (κ3) is 5.11. The SMILES string of the molecule is Cc1ccc([C@H](C)NC(=O)c2cc(Cl)ccc2OCc2ccccc2)cc1. The molecule has 1 N–H and O–H groups in total. The zero-order valence-corrected chi connectivity index (χ0v) is 16.2. The number of carbonyl (C=O) groups is 1. The van der Waals surface area contributed by atoms with Crippen molar-refractivity contribution >= 4 is 17.5 Å². The van der Waals surface area contributed by atoms with Gasteiger partial charge in [0, 0.05) is 5.02 Å². The second-order valence-electron chi connectivity index (χ2n) is 6.52. The molecule has 138 valence electrons. The minimum Gasteiger partial charge on any atom is -0.488 e. The van der Waals surface area contributed by atoms with Gasteiger partial charge in [-0.3, -0.25) is 4.79 Å². The average Bonchev–Trinajstić information content (AvgIpc) is 2.68. The summed E-state index contributed by atoms with van der Waals surface area (Å²) in [5, 5.41) is 3.52. The first-order valence-electron chi connectivity index (χ1n) is 8.86. The molecule has 0 saturated heterocycles. The number of amides is 1. The fourth-order valence-corrected chi connectivity index (χ4v) is 2.93. The van der Waals surface area contributed by atoms with Crippen LogP contribution in [0.4, 0.5) is 0 Å². The summed E-state index contributed by atoms with van der Waals surface area (Å²) in [6, 6.07) is 22.9. The highest BCUT2D eigenvalue weighted by atomic mass is 35.5. The molecule has 0 aliphatic rings. The summed E-state index contributed by atoms with van der Waals surface area (Å²) in [5.41, 5.74) is 3.69. The maximum Gasteiger partial charge on any atom is 0.255 e. The Bertz CT molecular complexity index is 907. The number of benzene rings is 3. The van der Waals surface area contributed by atoms with E-state index in [2.05, 4.69) is 5.32 Å². The molecule has 3 rings (SSSR count). The first-order chi connectivity index (χ1) is 13.0. The van der Waals surface area contributed by atoms with Gasteiger partial charge in [0.2, 0.25) is 0 Å². The molecule has 0 bridgehead atoms. The molecule has 4 heteroatoms. The van der Waals surface area contributed by atoms with Gasteiger partial charge in [0.1, 0.15) is 12.4 Å². The molecular weight excluding hydrogens is 358 g/mol. The molecule has 0 aromatic heterocycles. The molecule has 1 atom stereocenters. The molecule has 0 aliphatic carbocycles. The van der Waals surface area contributed by atoms with E-state index in [1.165, 1.54) is 5.56 Å². The van der Waals surface area contributed by atoms with Crippen LogP contribution in [0, 0.1) is 6.92 Å². The first kappa shape index (κ1) is 19.0. The number of ether oxygens (including phenoxy) is 1. The number of halogens is 1. The van der Waals surface area contributed by atoms with E-state index in [1.807, 2.05) is 68.4 Å². The molecule has 3 aromatic rings. The van der Waals surface area contributed by atoms with Crippen LogP contribution < -0.4 is 10.1 Å². The van der Waals surface area contributed by atoms with Crippen LogP contribution in [0.25, 0.3) is 0 Å². The van der Waals surface area contributed by atoms with Crippen molar-refractivity contribution < 1.29 is 9.53 Å². The lowest BCUT2D eigenvalue weighted by molar-refractivity contribution is 0.0935. The van der Waals surface area contributed by atoms with Crippen molar-refractivity contribution in [2.45, 2.75) is 26.5 Å². The molecule has 27 heavy (non-hydrogen) atoms. The standard InChI is InChI=1S/C23H22ClNO2/c1-16-8-10-19(11-9-16)17(2)25-23(26)21-14-20(24)12-13-22(21)27-15-18-6-4-3-5-7-18/h3-14,17H,15H2,1-2H3,(H,25,26)/t17-/m0/s1. The number of hydrogen-bond donors (Lipinski definition) is 1. The van der Waals surface area contributed by atoms with Crippen molar-refractivity contribution in [3.8, 4) is 5.75 Å². The lowest BCUT2D eigenvalue weighted by atomic mass is 10.1. The van der Waals surface area contributed by atoms with E-state index in [-0.39, 0.29) is 11.9 Å². The van der Waals surface area contributed by atoms with Crippen molar-refractivity contribution in [2.75, 3.05) is 0 Å². The molecule has 3 aromatic carbocycles. The second-order valence-corrected chi connectivity index (χ2v) is 6.96. The lowest BCUT2D eigenvalue weighted by Gasteiger charge is -2.17. The van der Waals surface area contributed by atoms with Crippen LogP contribution in [-0.2, 0) is 6.61 Å². The third-order valence-corrected chi connectivity index (χ3v) is 4.58. The fourth-order valence-electron chi connectivity index (χ4n) is 2.75. The maximum absolute atomic E-state index is 12.8. The Hall–Kier alpha value is -2.78. The molecule has 0 spiro atoms. The number of nitrogens with one attached hydrogen (secondary N) is 1. The van der Waals surface area contributed by atoms with E-state index in [1.54, 1.807) is 18.2 Å². The molecule has 3 nitrogen and oxygen atoms in total. The summed E-state index contributed by atoms with van der Waals surface area (Å²) in [5.74, 6) is 0.297. The highest BCUT2D eigenvalue weighted by molar-refractivity contribution is 6.31. The van der Waals surface area contributed by atoms with Gasteiger partial charge >= 0.3 is 0 Å². The molecule has 0 saturated carbocycles. The van der Waals surface area contributed by atoms with Gasteiger partial charge in [0.25, 0.3) is 5.91 Å². The van der Waals surface area contributed by atoms with Crippen molar-refractivity contribution in [1.82, 2.24) is 5.32 Å².